The number of nitrogens with two attached hydrogens (primary N) is 1. The van der Waals surface area contributed by atoms with Crippen molar-refractivity contribution in [3.63, 3.8) is 0 Å². The van der Waals surface area contributed by atoms with Crippen molar-refractivity contribution in [3.05, 3.63) is 18.1 Å². The van der Waals surface area contributed by atoms with Gasteiger partial charge in [0.1, 0.15) is 11.9 Å². The number of ether oxygens (including phenoxy) is 1. The number of anilines is 1. The van der Waals surface area contributed by atoms with Crippen molar-refractivity contribution in [1.29, 1.82) is 0 Å². The standard InChI is InChI=1S/C17H24F3N5O2.ClH/c1-11(21)10-27-13-4-7-25(16(13)26)12-2-5-24(6-3-12)15-9-22-14(8-23-15)17(18,19)20;/h8-9,11-13H,2-7,10,21H2,1H3;1H/t11-,13?;/m0./s1. The highest BCUT2D eigenvalue weighted by Gasteiger charge is 2.38. The van der Waals surface area contributed by atoms with Crippen LogP contribution >= 0.6 is 12.4 Å². The summed E-state index contributed by atoms with van der Waals surface area (Å²) in [6.07, 6.45) is -0.878. The molecule has 1 unspecified atom stereocenters. The summed E-state index contributed by atoms with van der Waals surface area (Å²) >= 11 is 0. The van der Waals surface area contributed by atoms with E-state index in [1.54, 1.807) is 0 Å². The Balaban J connectivity index is 0.00000280. The van der Waals surface area contributed by atoms with Crippen molar-refractivity contribution >= 4 is 24.1 Å². The average molecular weight is 424 g/mol. The molecule has 0 radical (unpaired) electrons. The molecule has 2 aliphatic heterocycles. The monoisotopic (exact) mass is 423 g/mol. The van der Waals surface area contributed by atoms with Gasteiger partial charge in [-0.15, -0.1) is 12.4 Å². The van der Waals surface area contributed by atoms with Crippen LogP contribution in [0.25, 0.3) is 0 Å². The molecule has 1 aromatic rings. The van der Waals surface area contributed by atoms with Crippen LogP contribution in [0.15, 0.2) is 12.4 Å². The lowest BCUT2D eigenvalue weighted by Gasteiger charge is -2.37. The van der Waals surface area contributed by atoms with Crippen LogP contribution in [0.2, 0.25) is 0 Å². The third-order valence-electron chi connectivity index (χ3n) is 4.91. The first kappa shape index (κ1) is 22.6. The molecule has 2 saturated heterocycles. The van der Waals surface area contributed by atoms with Gasteiger partial charge < -0.3 is 20.3 Å². The van der Waals surface area contributed by atoms with Gasteiger partial charge in [-0.2, -0.15) is 13.2 Å². The highest BCUT2D eigenvalue weighted by molar-refractivity contribution is 5.85. The number of rotatable bonds is 5. The van der Waals surface area contributed by atoms with Crippen LogP contribution in [0.1, 0.15) is 31.9 Å². The largest absolute Gasteiger partial charge is 0.434 e. The summed E-state index contributed by atoms with van der Waals surface area (Å²) in [6, 6.07) is -0.00000934. The van der Waals surface area contributed by atoms with Crippen LogP contribution in [0.4, 0.5) is 19.0 Å². The van der Waals surface area contributed by atoms with E-state index >= 15 is 0 Å². The molecule has 3 heterocycles. The van der Waals surface area contributed by atoms with E-state index < -0.39 is 18.0 Å². The van der Waals surface area contributed by atoms with Gasteiger partial charge in [-0.3, -0.25) is 4.79 Å². The fourth-order valence-corrected chi connectivity index (χ4v) is 3.50. The maximum absolute atomic E-state index is 12.6. The molecule has 0 spiro atoms. The van der Waals surface area contributed by atoms with Gasteiger partial charge in [0.25, 0.3) is 5.91 Å². The summed E-state index contributed by atoms with van der Waals surface area (Å²) in [4.78, 5) is 23.6. The highest BCUT2D eigenvalue weighted by atomic mass is 35.5. The lowest BCUT2D eigenvalue weighted by atomic mass is 10.0. The summed E-state index contributed by atoms with van der Waals surface area (Å²) in [7, 11) is 0. The molecule has 0 saturated carbocycles. The van der Waals surface area contributed by atoms with Crippen molar-refractivity contribution in [1.82, 2.24) is 14.9 Å². The summed E-state index contributed by atoms with van der Waals surface area (Å²) < 4.78 is 43.3. The number of piperidine rings is 1. The maximum Gasteiger partial charge on any atom is 0.434 e. The van der Waals surface area contributed by atoms with Gasteiger partial charge in [-0.25, -0.2) is 9.97 Å². The molecule has 0 aliphatic carbocycles. The molecule has 2 atom stereocenters. The molecule has 2 aliphatic rings. The van der Waals surface area contributed by atoms with E-state index in [2.05, 4.69) is 9.97 Å². The Kier molecular flexibility index (Phi) is 7.46. The minimum Gasteiger partial charge on any atom is -0.367 e. The van der Waals surface area contributed by atoms with Crippen LogP contribution < -0.4 is 10.6 Å². The number of amides is 1. The van der Waals surface area contributed by atoms with Crippen LogP contribution in [0, 0.1) is 0 Å². The van der Waals surface area contributed by atoms with Gasteiger partial charge in [-0.1, -0.05) is 0 Å². The zero-order chi connectivity index (χ0) is 19.6. The van der Waals surface area contributed by atoms with Crippen molar-refractivity contribution in [2.24, 2.45) is 5.73 Å². The Hall–Kier alpha value is -1.65. The number of nitrogens with zero attached hydrogens (tertiary/aromatic N) is 4. The van der Waals surface area contributed by atoms with Gasteiger partial charge in [0.15, 0.2) is 5.69 Å². The topological polar surface area (TPSA) is 84.6 Å². The Bertz CT molecular complexity index is 651. The fraction of sp³-hybridized carbons (Fsp3) is 0.706. The van der Waals surface area contributed by atoms with Crippen LogP contribution in [-0.2, 0) is 15.7 Å². The second kappa shape index (κ2) is 9.23. The van der Waals surface area contributed by atoms with Gasteiger partial charge in [0, 0.05) is 38.1 Å². The predicted octanol–water partition coefficient (Wildman–Crippen LogP) is 1.85. The first-order valence-electron chi connectivity index (χ1n) is 9.07. The molecule has 1 aromatic heterocycles. The van der Waals surface area contributed by atoms with Crippen molar-refractivity contribution in [2.75, 3.05) is 31.1 Å². The normalized spacial score (nSPS) is 22.3. The number of halogens is 4. The van der Waals surface area contributed by atoms with E-state index in [9.17, 15) is 18.0 Å². The summed E-state index contributed by atoms with van der Waals surface area (Å²) in [6.45, 7) is 4.07. The molecular formula is C17H25ClF3N5O2. The Morgan fingerprint density at radius 3 is 2.43 bits per heavy atom. The molecule has 3 rings (SSSR count). The number of likely N-dealkylation sites (tertiary alicyclic amines) is 1. The fourth-order valence-electron chi connectivity index (χ4n) is 3.50. The van der Waals surface area contributed by atoms with E-state index in [4.69, 9.17) is 10.5 Å². The van der Waals surface area contributed by atoms with E-state index in [1.807, 2.05) is 16.7 Å². The first-order chi connectivity index (χ1) is 12.8. The minimum atomic E-state index is -4.49. The number of carbonyl (C=O) groups is 1. The minimum absolute atomic E-state index is 0. The second-order valence-electron chi connectivity index (χ2n) is 7.10. The molecule has 158 valence electrons. The van der Waals surface area contributed by atoms with Gasteiger partial charge in [-0.05, 0) is 19.8 Å². The second-order valence-corrected chi connectivity index (χ2v) is 7.10. The quantitative estimate of drug-likeness (QED) is 0.778. The van der Waals surface area contributed by atoms with E-state index in [-0.39, 0.29) is 30.4 Å². The molecular weight excluding hydrogens is 399 g/mol. The van der Waals surface area contributed by atoms with Crippen molar-refractivity contribution in [3.8, 4) is 0 Å². The molecule has 0 bridgehead atoms. The molecule has 0 aromatic carbocycles. The van der Waals surface area contributed by atoms with Gasteiger partial charge >= 0.3 is 6.18 Å². The van der Waals surface area contributed by atoms with Gasteiger partial charge in [0.05, 0.1) is 19.0 Å². The Morgan fingerprint density at radius 1 is 1.21 bits per heavy atom. The number of hydrogen-bond donors (Lipinski definition) is 1. The molecule has 11 heteroatoms. The third-order valence-corrected chi connectivity index (χ3v) is 4.91. The van der Waals surface area contributed by atoms with Crippen molar-refractivity contribution in [2.45, 2.75) is 50.6 Å². The Morgan fingerprint density at radius 2 is 1.89 bits per heavy atom. The maximum atomic E-state index is 12.6. The number of hydrogen-bond acceptors (Lipinski definition) is 6. The summed E-state index contributed by atoms with van der Waals surface area (Å²) in [5.74, 6) is 0.427. The smallest absolute Gasteiger partial charge is 0.367 e. The number of alkyl halides is 3. The van der Waals surface area contributed by atoms with E-state index in [0.717, 1.165) is 25.2 Å². The predicted molar refractivity (Wildman–Crippen MR) is 99.2 cm³/mol. The highest BCUT2D eigenvalue weighted by Crippen LogP contribution is 2.29. The van der Waals surface area contributed by atoms with Crippen LogP contribution in [-0.4, -0.2) is 65.2 Å². The first-order valence-corrected chi connectivity index (χ1v) is 9.07. The summed E-state index contributed by atoms with van der Waals surface area (Å²) in [5.41, 5.74) is 4.67. The lowest BCUT2D eigenvalue weighted by Crippen LogP contribution is -2.47. The average Bonchev–Trinajstić information content (AvgIpc) is 3.00. The number of aromatic nitrogens is 2. The Labute approximate surface area is 167 Å². The zero-order valence-electron chi connectivity index (χ0n) is 15.6. The van der Waals surface area contributed by atoms with Crippen LogP contribution in [0.5, 0.6) is 0 Å². The molecule has 2 N–H and O–H groups in total. The summed E-state index contributed by atoms with van der Waals surface area (Å²) in [5, 5.41) is 0. The molecule has 28 heavy (non-hydrogen) atoms. The zero-order valence-corrected chi connectivity index (χ0v) is 16.4. The van der Waals surface area contributed by atoms with E-state index in [0.29, 0.717) is 38.5 Å². The van der Waals surface area contributed by atoms with E-state index in [1.165, 1.54) is 0 Å². The third kappa shape index (κ3) is 5.24. The molecule has 2 fully saturated rings. The molecule has 7 nitrogen and oxygen atoms in total. The van der Waals surface area contributed by atoms with Crippen molar-refractivity contribution < 1.29 is 22.7 Å². The van der Waals surface area contributed by atoms with Gasteiger partial charge in [0.2, 0.25) is 0 Å². The molecule has 1 amide bonds. The van der Waals surface area contributed by atoms with Crippen LogP contribution in [0.3, 0.4) is 0 Å². The number of carbonyl (C=O) groups excluding carboxylic acids is 1. The lowest BCUT2D eigenvalue weighted by molar-refractivity contribution is -0.141. The SMILES string of the molecule is C[C@H](N)COC1CCN(C2CCN(c3cnc(C(F)(F)F)cn3)CC2)C1=O.Cl.